The van der Waals surface area contributed by atoms with Gasteiger partial charge in [-0.05, 0) is 30.7 Å². The van der Waals surface area contributed by atoms with Gasteiger partial charge >= 0.3 is 0 Å². The molecule has 2 aromatic rings. The number of para-hydroxylation sites is 3. The van der Waals surface area contributed by atoms with Crippen molar-refractivity contribution in [3.8, 4) is 11.5 Å². The van der Waals surface area contributed by atoms with E-state index in [4.69, 9.17) is 4.74 Å². The molecule has 3 heteroatoms. The molecule has 2 aromatic carbocycles. The number of aliphatic hydroxyl groups is 1. The largest absolute Gasteiger partial charge is 0.455 e. The molecule has 1 atom stereocenters. The van der Waals surface area contributed by atoms with E-state index in [1.54, 1.807) is 0 Å². The van der Waals surface area contributed by atoms with Gasteiger partial charge in [0, 0.05) is 6.54 Å². The molecule has 100 valence electrons. The van der Waals surface area contributed by atoms with E-state index in [0.29, 0.717) is 6.54 Å². The first kappa shape index (κ1) is 13.4. The highest BCUT2D eigenvalue weighted by atomic mass is 16.5. The van der Waals surface area contributed by atoms with Gasteiger partial charge in [0.2, 0.25) is 0 Å². The van der Waals surface area contributed by atoms with Crippen LogP contribution < -0.4 is 10.1 Å². The molecule has 0 radical (unpaired) electrons. The SMILES string of the molecule is CCC(O)CNc1ccccc1Oc1ccccc1. The molecular formula is C16H19NO2. The summed E-state index contributed by atoms with van der Waals surface area (Å²) in [7, 11) is 0. The van der Waals surface area contributed by atoms with Crippen molar-refractivity contribution in [3.63, 3.8) is 0 Å². The Kier molecular flexibility index (Phi) is 4.81. The van der Waals surface area contributed by atoms with E-state index in [2.05, 4.69) is 5.32 Å². The molecule has 2 N–H and O–H groups in total. The summed E-state index contributed by atoms with van der Waals surface area (Å²) in [5, 5.41) is 12.8. The number of benzene rings is 2. The van der Waals surface area contributed by atoms with Gasteiger partial charge in [-0.15, -0.1) is 0 Å². The lowest BCUT2D eigenvalue weighted by Crippen LogP contribution is -2.18. The predicted octanol–water partition coefficient (Wildman–Crippen LogP) is 3.66. The Morgan fingerprint density at radius 2 is 1.74 bits per heavy atom. The summed E-state index contributed by atoms with van der Waals surface area (Å²) in [6.45, 7) is 2.48. The number of hydrogen-bond donors (Lipinski definition) is 2. The molecular weight excluding hydrogens is 238 g/mol. The monoisotopic (exact) mass is 257 g/mol. The fraction of sp³-hybridized carbons (Fsp3) is 0.250. The van der Waals surface area contributed by atoms with Crippen molar-refractivity contribution < 1.29 is 9.84 Å². The molecule has 0 aliphatic carbocycles. The van der Waals surface area contributed by atoms with Gasteiger partial charge in [0.1, 0.15) is 5.75 Å². The summed E-state index contributed by atoms with van der Waals surface area (Å²) in [6.07, 6.45) is 0.388. The third kappa shape index (κ3) is 4.00. The third-order valence-electron chi connectivity index (χ3n) is 2.86. The summed E-state index contributed by atoms with van der Waals surface area (Å²) in [5.74, 6) is 1.56. The minimum Gasteiger partial charge on any atom is -0.455 e. The van der Waals surface area contributed by atoms with Crippen LogP contribution in [0, 0.1) is 0 Å². The van der Waals surface area contributed by atoms with Gasteiger partial charge in [-0.2, -0.15) is 0 Å². The molecule has 2 rings (SSSR count). The highest BCUT2D eigenvalue weighted by Gasteiger charge is 2.06. The number of nitrogens with one attached hydrogen (secondary N) is 1. The van der Waals surface area contributed by atoms with Gasteiger partial charge in [0.05, 0.1) is 11.8 Å². The molecule has 0 saturated heterocycles. The van der Waals surface area contributed by atoms with Crippen molar-refractivity contribution >= 4 is 5.69 Å². The molecule has 0 heterocycles. The first-order chi connectivity index (χ1) is 9.29. The number of ether oxygens (including phenoxy) is 1. The second-order valence-corrected chi connectivity index (χ2v) is 4.35. The Labute approximate surface area is 113 Å². The fourth-order valence-electron chi connectivity index (χ4n) is 1.69. The zero-order valence-electron chi connectivity index (χ0n) is 11.0. The Bertz CT molecular complexity index is 499. The smallest absolute Gasteiger partial charge is 0.150 e. The van der Waals surface area contributed by atoms with Crippen LogP contribution >= 0.6 is 0 Å². The summed E-state index contributed by atoms with van der Waals surface area (Å²) in [5.41, 5.74) is 0.888. The van der Waals surface area contributed by atoms with Crippen LogP contribution in [0.4, 0.5) is 5.69 Å². The first-order valence-electron chi connectivity index (χ1n) is 6.53. The van der Waals surface area contributed by atoms with Crippen LogP contribution in [0.2, 0.25) is 0 Å². The third-order valence-corrected chi connectivity index (χ3v) is 2.86. The lowest BCUT2D eigenvalue weighted by Gasteiger charge is -2.14. The summed E-state index contributed by atoms with van der Waals surface area (Å²) < 4.78 is 5.83. The van der Waals surface area contributed by atoms with Gasteiger partial charge in [-0.1, -0.05) is 37.3 Å². The van der Waals surface area contributed by atoms with E-state index < -0.39 is 0 Å². The van der Waals surface area contributed by atoms with Crippen LogP contribution in [0.15, 0.2) is 54.6 Å². The lowest BCUT2D eigenvalue weighted by molar-refractivity contribution is 0.183. The molecule has 0 amide bonds. The minimum atomic E-state index is -0.343. The summed E-state index contributed by atoms with van der Waals surface area (Å²) in [6, 6.07) is 17.4. The van der Waals surface area contributed by atoms with Crippen molar-refractivity contribution in [2.24, 2.45) is 0 Å². The highest BCUT2D eigenvalue weighted by molar-refractivity contribution is 5.57. The van der Waals surface area contributed by atoms with E-state index in [1.807, 2.05) is 61.5 Å². The molecule has 0 fully saturated rings. The summed E-state index contributed by atoms with van der Waals surface area (Å²) >= 11 is 0. The number of aliphatic hydroxyl groups excluding tert-OH is 1. The quantitative estimate of drug-likeness (QED) is 0.829. The molecule has 0 bridgehead atoms. The van der Waals surface area contributed by atoms with Crippen molar-refractivity contribution in [2.75, 3.05) is 11.9 Å². The van der Waals surface area contributed by atoms with E-state index in [9.17, 15) is 5.11 Å². The van der Waals surface area contributed by atoms with E-state index in [1.165, 1.54) is 0 Å². The molecule has 0 aliphatic heterocycles. The maximum absolute atomic E-state index is 9.60. The van der Waals surface area contributed by atoms with Crippen molar-refractivity contribution in [2.45, 2.75) is 19.4 Å². The normalized spacial score (nSPS) is 11.9. The number of anilines is 1. The maximum Gasteiger partial charge on any atom is 0.150 e. The number of hydrogen-bond acceptors (Lipinski definition) is 3. The molecule has 0 aromatic heterocycles. The van der Waals surface area contributed by atoms with E-state index >= 15 is 0 Å². The van der Waals surface area contributed by atoms with Crippen LogP contribution in [0.3, 0.4) is 0 Å². The Morgan fingerprint density at radius 3 is 2.47 bits per heavy atom. The standard InChI is InChI=1S/C16H19NO2/c1-2-13(18)12-17-15-10-6-7-11-16(15)19-14-8-4-3-5-9-14/h3-11,13,17-18H,2,12H2,1H3. The molecule has 3 nitrogen and oxygen atoms in total. The minimum absolute atomic E-state index is 0.343. The average Bonchev–Trinajstić information content (AvgIpc) is 2.47. The van der Waals surface area contributed by atoms with Crippen LogP contribution in [-0.2, 0) is 0 Å². The second-order valence-electron chi connectivity index (χ2n) is 4.35. The molecule has 0 aliphatic rings. The molecule has 1 unspecified atom stereocenters. The molecule has 19 heavy (non-hydrogen) atoms. The van der Waals surface area contributed by atoms with Crippen LogP contribution in [0.5, 0.6) is 11.5 Å². The topological polar surface area (TPSA) is 41.5 Å². The van der Waals surface area contributed by atoms with E-state index in [0.717, 1.165) is 23.6 Å². The first-order valence-corrected chi connectivity index (χ1v) is 6.53. The number of rotatable bonds is 6. The van der Waals surface area contributed by atoms with Crippen LogP contribution in [0.1, 0.15) is 13.3 Å². The Hall–Kier alpha value is -2.00. The summed E-state index contributed by atoms with van der Waals surface area (Å²) in [4.78, 5) is 0. The van der Waals surface area contributed by atoms with Crippen molar-refractivity contribution in [1.29, 1.82) is 0 Å². The van der Waals surface area contributed by atoms with E-state index in [-0.39, 0.29) is 6.10 Å². The highest BCUT2D eigenvalue weighted by Crippen LogP contribution is 2.28. The fourth-order valence-corrected chi connectivity index (χ4v) is 1.69. The second kappa shape index (κ2) is 6.81. The average molecular weight is 257 g/mol. The zero-order valence-corrected chi connectivity index (χ0v) is 11.0. The van der Waals surface area contributed by atoms with Crippen LogP contribution in [-0.4, -0.2) is 17.8 Å². The van der Waals surface area contributed by atoms with Gasteiger partial charge in [0.15, 0.2) is 5.75 Å². The van der Waals surface area contributed by atoms with Crippen molar-refractivity contribution in [1.82, 2.24) is 0 Å². The van der Waals surface area contributed by atoms with Gasteiger partial charge in [-0.3, -0.25) is 0 Å². The van der Waals surface area contributed by atoms with Gasteiger partial charge in [-0.25, -0.2) is 0 Å². The Balaban J connectivity index is 2.08. The predicted molar refractivity (Wildman–Crippen MR) is 77.7 cm³/mol. The zero-order chi connectivity index (χ0) is 13.5. The molecule has 0 saturated carbocycles. The maximum atomic E-state index is 9.60. The van der Waals surface area contributed by atoms with Gasteiger partial charge in [0.25, 0.3) is 0 Å². The van der Waals surface area contributed by atoms with Crippen LogP contribution in [0.25, 0.3) is 0 Å². The lowest BCUT2D eigenvalue weighted by atomic mass is 10.2. The Morgan fingerprint density at radius 1 is 1.05 bits per heavy atom. The molecule has 0 spiro atoms. The van der Waals surface area contributed by atoms with Gasteiger partial charge < -0.3 is 15.2 Å². The van der Waals surface area contributed by atoms with Crippen molar-refractivity contribution in [3.05, 3.63) is 54.6 Å².